The molecule has 0 spiro atoms. The number of morpholine rings is 1. The fourth-order valence-electron chi connectivity index (χ4n) is 4.12. The van der Waals surface area contributed by atoms with E-state index >= 15 is 0 Å². The Kier molecular flexibility index (Phi) is 6.51. The zero-order valence-electron chi connectivity index (χ0n) is 15.0. The monoisotopic (exact) mass is 384 g/mol. The maximum atomic E-state index is 13.4. The van der Waals surface area contributed by atoms with Crippen LogP contribution in [0, 0.1) is 17.7 Å². The summed E-state index contributed by atoms with van der Waals surface area (Å²) in [4.78, 5) is 17.1. The average molecular weight is 385 g/mol. The number of rotatable bonds is 5. The maximum Gasteiger partial charge on any atom is 0.254 e. The molecule has 3 rings (SSSR count). The Bertz CT molecular complexity index is 639. The number of nitrogens with zero attached hydrogens (tertiary/aromatic N) is 2. The maximum absolute atomic E-state index is 13.4. The number of ether oxygens (including phenoxy) is 1. The number of carbonyl (C=O) groups excluding carboxylic acids is 1. The number of hydrogen-bond acceptors (Lipinski definition) is 4. The quantitative estimate of drug-likeness (QED) is 0.846. The highest BCUT2D eigenvalue weighted by Gasteiger charge is 2.43. The Morgan fingerprint density at radius 2 is 2.12 bits per heavy atom. The van der Waals surface area contributed by atoms with Crippen LogP contribution in [0.1, 0.15) is 23.7 Å². The number of carbonyl (C=O) groups is 1. The second-order valence-corrected chi connectivity index (χ2v) is 7.49. The summed E-state index contributed by atoms with van der Waals surface area (Å²) in [5, 5.41) is 9.96. The third-order valence-corrected chi connectivity index (χ3v) is 5.93. The van der Waals surface area contributed by atoms with Crippen LogP contribution < -0.4 is 0 Å². The molecule has 0 unspecified atom stereocenters. The van der Waals surface area contributed by atoms with Gasteiger partial charge in [0.2, 0.25) is 0 Å². The number of aliphatic hydroxyl groups excluding tert-OH is 1. The molecule has 3 atom stereocenters. The molecule has 2 aliphatic heterocycles. The molecule has 7 heteroatoms. The van der Waals surface area contributed by atoms with Gasteiger partial charge in [-0.15, -0.1) is 0 Å². The standard InChI is InChI=1S/C19H26ClFN2O3/c1-2-13-10-23(19(25)14-3-4-17(21)16(20)9-14)18(12-24)15(13)11-22-5-7-26-8-6-22/h3-4,9,13,15,18,24H,2,5-8,10-12H2,1H3/t13-,15-,18-/m1/s1. The molecule has 1 N–H and O–H groups in total. The summed E-state index contributed by atoms with van der Waals surface area (Å²) in [6, 6.07) is 3.79. The molecule has 2 saturated heterocycles. The second kappa shape index (κ2) is 8.65. The molecule has 1 aromatic carbocycles. The third kappa shape index (κ3) is 4.03. The second-order valence-electron chi connectivity index (χ2n) is 7.08. The van der Waals surface area contributed by atoms with Gasteiger partial charge in [0.25, 0.3) is 5.91 Å². The first-order chi connectivity index (χ1) is 12.5. The summed E-state index contributed by atoms with van der Waals surface area (Å²) < 4.78 is 18.8. The van der Waals surface area contributed by atoms with Crippen molar-refractivity contribution in [1.29, 1.82) is 0 Å². The van der Waals surface area contributed by atoms with Crippen LogP contribution in [0.25, 0.3) is 0 Å². The van der Waals surface area contributed by atoms with Crippen molar-refractivity contribution in [2.75, 3.05) is 46.0 Å². The van der Waals surface area contributed by atoms with Gasteiger partial charge in [-0.05, 0) is 30.0 Å². The van der Waals surface area contributed by atoms with E-state index in [0.717, 1.165) is 39.3 Å². The van der Waals surface area contributed by atoms with Crippen molar-refractivity contribution in [3.05, 3.63) is 34.6 Å². The van der Waals surface area contributed by atoms with Crippen molar-refractivity contribution < 1.29 is 19.0 Å². The lowest BCUT2D eigenvalue weighted by Crippen LogP contribution is -2.46. The summed E-state index contributed by atoms with van der Waals surface area (Å²) in [5.74, 6) is -0.202. The minimum absolute atomic E-state index is 0.0625. The van der Waals surface area contributed by atoms with E-state index in [1.165, 1.54) is 18.2 Å². The summed E-state index contributed by atoms with van der Waals surface area (Å²) in [7, 11) is 0. The predicted molar refractivity (Wildman–Crippen MR) is 97.9 cm³/mol. The van der Waals surface area contributed by atoms with Gasteiger partial charge in [-0.2, -0.15) is 0 Å². The Morgan fingerprint density at radius 1 is 1.38 bits per heavy atom. The highest BCUT2D eigenvalue weighted by Crippen LogP contribution is 2.34. The van der Waals surface area contributed by atoms with E-state index in [9.17, 15) is 14.3 Å². The van der Waals surface area contributed by atoms with E-state index in [0.29, 0.717) is 18.0 Å². The van der Waals surface area contributed by atoms with Gasteiger partial charge in [-0.25, -0.2) is 4.39 Å². The van der Waals surface area contributed by atoms with Crippen LogP contribution in [0.15, 0.2) is 18.2 Å². The number of likely N-dealkylation sites (tertiary alicyclic amines) is 1. The molecular formula is C19H26ClFN2O3. The van der Waals surface area contributed by atoms with Gasteiger partial charge in [-0.1, -0.05) is 24.9 Å². The van der Waals surface area contributed by atoms with Crippen molar-refractivity contribution in [2.45, 2.75) is 19.4 Å². The summed E-state index contributed by atoms with van der Waals surface area (Å²) in [6.45, 7) is 6.71. The Balaban J connectivity index is 1.78. The van der Waals surface area contributed by atoms with E-state index in [-0.39, 0.29) is 29.5 Å². The molecule has 1 aromatic rings. The first-order valence-corrected chi connectivity index (χ1v) is 9.60. The smallest absolute Gasteiger partial charge is 0.254 e. The van der Waals surface area contributed by atoms with Crippen LogP contribution in [0.4, 0.5) is 4.39 Å². The van der Waals surface area contributed by atoms with Gasteiger partial charge in [-0.3, -0.25) is 9.69 Å². The number of benzene rings is 1. The topological polar surface area (TPSA) is 53.0 Å². The van der Waals surface area contributed by atoms with Crippen LogP contribution >= 0.6 is 11.6 Å². The molecular weight excluding hydrogens is 359 g/mol. The van der Waals surface area contributed by atoms with E-state index in [1.54, 1.807) is 4.90 Å². The van der Waals surface area contributed by atoms with Crippen molar-refractivity contribution in [1.82, 2.24) is 9.80 Å². The molecule has 0 radical (unpaired) electrons. The number of amides is 1. The Hall–Kier alpha value is -1.21. The zero-order valence-corrected chi connectivity index (χ0v) is 15.8. The summed E-state index contributed by atoms with van der Waals surface area (Å²) in [5.41, 5.74) is 0.358. The summed E-state index contributed by atoms with van der Waals surface area (Å²) in [6.07, 6.45) is 0.944. The Morgan fingerprint density at radius 3 is 2.73 bits per heavy atom. The zero-order chi connectivity index (χ0) is 18.7. The van der Waals surface area contributed by atoms with Crippen molar-refractivity contribution >= 4 is 17.5 Å². The van der Waals surface area contributed by atoms with E-state index in [1.807, 2.05) is 0 Å². The highest BCUT2D eigenvalue weighted by molar-refractivity contribution is 6.31. The molecule has 0 aliphatic carbocycles. The SMILES string of the molecule is CC[C@@H]1CN(C(=O)c2ccc(F)c(Cl)c2)[C@H](CO)[C@@H]1CN1CCOCC1. The van der Waals surface area contributed by atoms with Gasteiger partial charge in [0, 0.05) is 31.7 Å². The van der Waals surface area contributed by atoms with Crippen molar-refractivity contribution in [3.63, 3.8) is 0 Å². The van der Waals surface area contributed by atoms with E-state index in [4.69, 9.17) is 16.3 Å². The molecule has 5 nitrogen and oxygen atoms in total. The van der Waals surface area contributed by atoms with Crippen LogP contribution in [0.3, 0.4) is 0 Å². The number of halogens is 2. The minimum Gasteiger partial charge on any atom is -0.394 e. The van der Waals surface area contributed by atoms with Gasteiger partial charge < -0.3 is 14.7 Å². The molecule has 144 valence electrons. The lowest BCUT2D eigenvalue weighted by Gasteiger charge is -2.33. The number of hydrogen-bond donors (Lipinski definition) is 1. The lowest BCUT2D eigenvalue weighted by molar-refractivity contribution is 0.0206. The fraction of sp³-hybridized carbons (Fsp3) is 0.632. The third-order valence-electron chi connectivity index (χ3n) is 5.64. The van der Waals surface area contributed by atoms with Gasteiger partial charge >= 0.3 is 0 Å². The van der Waals surface area contributed by atoms with Crippen molar-refractivity contribution in [2.24, 2.45) is 11.8 Å². The van der Waals surface area contributed by atoms with Gasteiger partial charge in [0.1, 0.15) is 5.82 Å². The van der Waals surface area contributed by atoms with E-state index in [2.05, 4.69) is 11.8 Å². The lowest BCUT2D eigenvalue weighted by atomic mass is 9.88. The molecule has 2 aliphatic rings. The minimum atomic E-state index is -0.542. The normalized spacial score (nSPS) is 27.1. The molecule has 0 bridgehead atoms. The highest BCUT2D eigenvalue weighted by atomic mass is 35.5. The fourth-order valence-corrected chi connectivity index (χ4v) is 4.30. The molecule has 26 heavy (non-hydrogen) atoms. The molecule has 2 fully saturated rings. The molecule has 1 amide bonds. The first kappa shape index (κ1) is 19.5. The Labute approximate surface area is 158 Å². The largest absolute Gasteiger partial charge is 0.394 e. The molecule has 0 saturated carbocycles. The first-order valence-electron chi connectivity index (χ1n) is 9.22. The summed E-state index contributed by atoms with van der Waals surface area (Å²) >= 11 is 5.83. The number of aliphatic hydroxyl groups is 1. The van der Waals surface area contributed by atoms with Crippen LogP contribution in [-0.4, -0.2) is 72.9 Å². The van der Waals surface area contributed by atoms with Crippen LogP contribution in [0.2, 0.25) is 5.02 Å². The average Bonchev–Trinajstić information content (AvgIpc) is 3.01. The van der Waals surface area contributed by atoms with Crippen molar-refractivity contribution in [3.8, 4) is 0 Å². The van der Waals surface area contributed by atoms with E-state index < -0.39 is 5.82 Å². The van der Waals surface area contributed by atoms with Gasteiger partial charge in [0.15, 0.2) is 0 Å². The van der Waals surface area contributed by atoms with Gasteiger partial charge in [0.05, 0.1) is 30.9 Å². The molecule has 2 heterocycles. The predicted octanol–water partition coefficient (Wildman–Crippen LogP) is 2.27. The molecule has 0 aromatic heterocycles. The van der Waals surface area contributed by atoms with Crippen LogP contribution in [-0.2, 0) is 4.74 Å². The van der Waals surface area contributed by atoms with Crippen LogP contribution in [0.5, 0.6) is 0 Å².